The number of nitrogens with one attached hydrogen (secondary N) is 1. The summed E-state index contributed by atoms with van der Waals surface area (Å²) >= 11 is 6.87. The number of amides is 4. The van der Waals surface area contributed by atoms with Gasteiger partial charge in [0.1, 0.15) is 17.9 Å². The Hall–Kier alpha value is -4.23. The van der Waals surface area contributed by atoms with Crippen molar-refractivity contribution >= 4 is 61.5 Å². The lowest BCUT2D eigenvalue weighted by Gasteiger charge is -2.27. The molecule has 0 aliphatic carbocycles. The molecule has 1 saturated heterocycles. The number of benzene rings is 3. The highest BCUT2D eigenvalue weighted by Crippen LogP contribution is 2.36. The molecule has 11 nitrogen and oxygen atoms in total. The van der Waals surface area contributed by atoms with Gasteiger partial charge in [0.05, 0.1) is 29.2 Å². The lowest BCUT2D eigenvalue weighted by Crippen LogP contribution is -2.53. The largest absolute Gasteiger partial charge is 0.490 e. The molecule has 0 radical (unpaired) electrons. The first-order chi connectivity index (χ1) is 20.6. The Kier molecular flexibility index (Phi) is 10.5. The minimum Gasteiger partial charge on any atom is -0.490 e. The molecule has 13 heteroatoms. The van der Waals surface area contributed by atoms with Gasteiger partial charge in [-0.2, -0.15) is 0 Å². The van der Waals surface area contributed by atoms with Crippen LogP contribution in [0.5, 0.6) is 17.2 Å². The fraction of sp³-hybridized carbons (Fsp3) is 0.233. The predicted octanol–water partition coefficient (Wildman–Crippen LogP) is 6.55. The normalized spacial score (nSPS) is 14.1. The summed E-state index contributed by atoms with van der Waals surface area (Å²) in [6.45, 7) is 4.67. The maximum atomic E-state index is 13.5. The Bertz CT molecular complexity index is 1590. The Labute approximate surface area is 264 Å². The SMILES string of the molecule is CCCOc1ccc(CN2C(=O)NC(=O)/C(=C\c3cc(Br)cc(Br)c3OCc3ccc([N+](=O)[O-])cc3)C2=O)cc1OCC. The van der Waals surface area contributed by atoms with E-state index >= 15 is 0 Å². The number of nitrogens with zero attached hydrogens (tertiary/aromatic N) is 2. The molecule has 224 valence electrons. The predicted molar refractivity (Wildman–Crippen MR) is 165 cm³/mol. The van der Waals surface area contributed by atoms with E-state index in [1.54, 1.807) is 42.5 Å². The molecular weight excluding hydrogens is 690 g/mol. The van der Waals surface area contributed by atoms with Crippen molar-refractivity contribution in [2.45, 2.75) is 33.4 Å². The molecule has 1 heterocycles. The first-order valence-electron chi connectivity index (χ1n) is 13.2. The third-order valence-electron chi connectivity index (χ3n) is 6.16. The average Bonchev–Trinajstić information content (AvgIpc) is 2.96. The quantitative estimate of drug-likeness (QED) is 0.0965. The molecule has 1 fully saturated rings. The second kappa shape index (κ2) is 14.3. The van der Waals surface area contributed by atoms with Crippen LogP contribution in [0.15, 0.2) is 69.1 Å². The number of urea groups is 1. The Morgan fingerprint density at radius 1 is 0.930 bits per heavy atom. The van der Waals surface area contributed by atoms with Crippen LogP contribution in [-0.4, -0.2) is 40.9 Å². The summed E-state index contributed by atoms with van der Waals surface area (Å²) in [4.78, 5) is 50.5. The molecule has 0 bridgehead atoms. The number of hydrogen-bond donors (Lipinski definition) is 1. The van der Waals surface area contributed by atoms with Gasteiger partial charge < -0.3 is 14.2 Å². The highest BCUT2D eigenvalue weighted by molar-refractivity contribution is 9.11. The molecular formula is C30H27Br2N3O8. The Morgan fingerprint density at radius 3 is 2.33 bits per heavy atom. The molecule has 4 rings (SSSR count). The van der Waals surface area contributed by atoms with Crippen LogP contribution in [0.1, 0.15) is 37.0 Å². The summed E-state index contributed by atoms with van der Waals surface area (Å²) in [5.74, 6) is -0.266. The van der Waals surface area contributed by atoms with Crippen LogP contribution in [0.25, 0.3) is 6.08 Å². The zero-order chi connectivity index (χ0) is 31.1. The number of ether oxygens (including phenoxy) is 3. The highest BCUT2D eigenvalue weighted by Gasteiger charge is 2.36. The Balaban J connectivity index is 1.61. The van der Waals surface area contributed by atoms with E-state index in [2.05, 4.69) is 37.2 Å². The smallest absolute Gasteiger partial charge is 0.331 e. The molecule has 4 amide bonds. The van der Waals surface area contributed by atoms with E-state index in [0.717, 1.165) is 11.3 Å². The lowest BCUT2D eigenvalue weighted by molar-refractivity contribution is -0.384. The second-order valence-corrected chi connectivity index (χ2v) is 11.1. The van der Waals surface area contributed by atoms with Crippen LogP contribution in [0.2, 0.25) is 0 Å². The van der Waals surface area contributed by atoms with Crippen molar-refractivity contribution in [3.63, 3.8) is 0 Å². The fourth-order valence-corrected chi connectivity index (χ4v) is 5.51. The van der Waals surface area contributed by atoms with Crippen LogP contribution in [0.4, 0.5) is 10.5 Å². The van der Waals surface area contributed by atoms with Crippen molar-refractivity contribution in [2.75, 3.05) is 13.2 Å². The van der Waals surface area contributed by atoms with Gasteiger partial charge in [0.15, 0.2) is 11.5 Å². The van der Waals surface area contributed by atoms with E-state index in [9.17, 15) is 24.5 Å². The number of non-ortho nitro benzene ring substituents is 1. The van der Waals surface area contributed by atoms with Crippen molar-refractivity contribution in [3.8, 4) is 17.2 Å². The number of hydrogen-bond acceptors (Lipinski definition) is 8. The molecule has 1 aliphatic heterocycles. The van der Waals surface area contributed by atoms with Gasteiger partial charge in [0, 0.05) is 22.2 Å². The molecule has 3 aromatic carbocycles. The second-order valence-electron chi connectivity index (χ2n) is 9.29. The Morgan fingerprint density at radius 2 is 1.65 bits per heavy atom. The molecule has 0 aromatic heterocycles. The molecule has 0 unspecified atom stereocenters. The van der Waals surface area contributed by atoms with Gasteiger partial charge in [-0.25, -0.2) is 4.79 Å². The third-order valence-corrected chi connectivity index (χ3v) is 7.21. The molecule has 1 aliphatic rings. The van der Waals surface area contributed by atoms with Crippen LogP contribution in [0, 0.1) is 10.1 Å². The van der Waals surface area contributed by atoms with Crippen LogP contribution in [-0.2, 0) is 22.7 Å². The van der Waals surface area contributed by atoms with Crippen molar-refractivity contribution in [1.29, 1.82) is 0 Å². The van der Waals surface area contributed by atoms with E-state index in [-0.39, 0.29) is 24.4 Å². The standard InChI is InChI=1S/C30H27Br2N3O8/c1-3-11-42-25-10-7-19(12-26(25)41-4-2)16-34-29(37)23(28(36)33-30(34)38)14-20-13-21(31)15-24(32)27(20)43-17-18-5-8-22(9-6-18)35(39)40/h5-10,12-15H,3-4,11,16-17H2,1-2H3,(H,33,36,38)/b23-14+. The average molecular weight is 717 g/mol. The maximum Gasteiger partial charge on any atom is 0.331 e. The summed E-state index contributed by atoms with van der Waals surface area (Å²) in [6, 6.07) is 13.6. The van der Waals surface area contributed by atoms with E-state index in [4.69, 9.17) is 14.2 Å². The topological polar surface area (TPSA) is 137 Å². The number of imide groups is 2. The van der Waals surface area contributed by atoms with Crippen LogP contribution >= 0.6 is 31.9 Å². The number of carbonyl (C=O) groups is 3. The van der Waals surface area contributed by atoms with Gasteiger partial charge >= 0.3 is 6.03 Å². The van der Waals surface area contributed by atoms with E-state index in [1.807, 2.05) is 13.8 Å². The van der Waals surface area contributed by atoms with Gasteiger partial charge in [0.2, 0.25) is 0 Å². The molecule has 43 heavy (non-hydrogen) atoms. The number of nitro groups is 1. The molecule has 0 atom stereocenters. The number of carbonyl (C=O) groups excluding carboxylic acids is 3. The summed E-state index contributed by atoms with van der Waals surface area (Å²) in [5, 5.41) is 13.2. The maximum absolute atomic E-state index is 13.5. The first-order valence-corrected chi connectivity index (χ1v) is 14.8. The molecule has 0 saturated carbocycles. The van der Waals surface area contributed by atoms with Crippen LogP contribution in [0.3, 0.4) is 0 Å². The lowest BCUT2D eigenvalue weighted by atomic mass is 10.1. The fourth-order valence-electron chi connectivity index (χ4n) is 4.14. The minimum absolute atomic E-state index is 0.0465. The summed E-state index contributed by atoms with van der Waals surface area (Å²) in [6.07, 6.45) is 2.17. The summed E-state index contributed by atoms with van der Waals surface area (Å²) < 4.78 is 18.6. The third kappa shape index (κ3) is 7.79. The summed E-state index contributed by atoms with van der Waals surface area (Å²) in [7, 11) is 0. The van der Waals surface area contributed by atoms with Crippen molar-refractivity contribution in [1.82, 2.24) is 10.2 Å². The number of barbiturate groups is 1. The number of halogens is 2. The molecule has 1 N–H and O–H groups in total. The minimum atomic E-state index is -0.846. The van der Waals surface area contributed by atoms with E-state index in [0.29, 0.717) is 56.1 Å². The summed E-state index contributed by atoms with van der Waals surface area (Å²) in [5.41, 5.74) is 1.33. The van der Waals surface area contributed by atoms with Crippen molar-refractivity contribution < 1.29 is 33.5 Å². The van der Waals surface area contributed by atoms with Gasteiger partial charge in [-0.1, -0.05) is 28.9 Å². The first kappa shape index (κ1) is 31.7. The van der Waals surface area contributed by atoms with Crippen molar-refractivity contribution in [2.24, 2.45) is 0 Å². The van der Waals surface area contributed by atoms with Crippen molar-refractivity contribution in [3.05, 3.63) is 95.9 Å². The zero-order valence-electron chi connectivity index (χ0n) is 23.2. The zero-order valence-corrected chi connectivity index (χ0v) is 26.4. The monoisotopic (exact) mass is 715 g/mol. The highest BCUT2D eigenvalue weighted by atomic mass is 79.9. The van der Waals surface area contributed by atoms with Gasteiger partial charge in [-0.3, -0.25) is 29.9 Å². The number of rotatable bonds is 12. The van der Waals surface area contributed by atoms with Gasteiger partial charge in [-0.15, -0.1) is 0 Å². The van der Waals surface area contributed by atoms with E-state index in [1.165, 1.54) is 18.2 Å². The number of nitro benzene ring substituents is 1. The van der Waals surface area contributed by atoms with Gasteiger partial charge in [-0.05, 0) is 82.9 Å². The molecule has 3 aromatic rings. The van der Waals surface area contributed by atoms with E-state index < -0.39 is 22.8 Å². The molecule has 0 spiro atoms. The van der Waals surface area contributed by atoms with Crippen LogP contribution < -0.4 is 19.5 Å². The van der Waals surface area contributed by atoms with Gasteiger partial charge in [0.25, 0.3) is 17.5 Å².